The molecule has 3 rings (SSSR count). The number of nitrogens with zero attached hydrogens (tertiary/aromatic N) is 1. The lowest BCUT2D eigenvalue weighted by atomic mass is 10.0. The van der Waals surface area contributed by atoms with E-state index >= 15 is 0 Å². The highest BCUT2D eigenvalue weighted by Crippen LogP contribution is 2.32. The average Bonchev–Trinajstić information content (AvgIpc) is 3.07. The van der Waals surface area contributed by atoms with Crippen molar-refractivity contribution in [3.8, 4) is 5.75 Å². The quantitative estimate of drug-likeness (QED) is 0.851. The Labute approximate surface area is 160 Å². The van der Waals surface area contributed by atoms with Crippen LogP contribution < -0.4 is 15.0 Å². The molecule has 1 aliphatic heterocycles. The number of para-hydroxylation sites is 2. The summed E-state index contributed by atoms with van der Waals surface area (Å²) in [6, 6.07) is 15.5. The van der Waals surface area contributed by atoms with Crippen molar-refractivity contribution in [1.29, 1.82) is 0 Å². The van der Waals surface area contributed by atoms with Crippen molar-refractivity contribution in [3.05, 3.63) is 59.7 Å². The van der Waals surface area contributed by atoms with Gasteiger partial charge in [0.05, 0.1) is 13.0 Å². The van der Waals surface area contributed by atoms with Gasteiger partial charge in [-0.05, 0) is 23.6 Å². The van der Waals surface area contributed by atoms with Gasteiger partial charge in [0.15, 0.2) is 0 Å². The molecule has 1 unspecified atom stereocenters. The van der Waals surface area contributed by atoms with Crippen LogP contribution in [-0.2, 0) is 16.1 Å². The highest BCUT2D eigenvalue weighted by Gasteiger charge is 2.36. The number of rotatable bonds is 6. The van der Waals surface area contributed by atoms with Gasteiger partial charge in [0.2, 0.25) is 11.8 Å². The van der Waals surface area contributed by atoms with E-state index in [1.807, 2.05) is 48.5 Å². The summed E-state index contributed by atoms with van der Waals surface area (Å²) in [6.45, 7) is 5.02. The number of ether oxygens (including phenoxy) is 1. The Bertz CT molecular complexity index is 832. The van der Waals surface area contributed by atoms with Crippen LogP contribution in [0.15, 0.2) is 48.5 Å². The lowest BCUT2D eigenvalue weighted by molar-refractivity contribution is -0.126. The molecule has 1 fully saturated rings. The van der Waals surface area contributed by atoms with E-state index in [1.54, 1.807) is 12.0 Å². The molecule has 0 saturated carbocycles. The lowest BCUT2D eigenvalue weighted by Gasteiger charge is -2.22. The molecule has 1 N–H and O–H groups in total. The summed E-state index contributed by atoms with van der Waals surface area (Å²) in [5.74, 6) is 0.618. The average molecular weight is 366 g/mol. The van der Waals surface area contributed by atoms with Crippen molar-refractivity contribution in [2.45, 2.75) is 32.7 Å². The summed E-state index contributed by atoms with van der Waals surface area (Å²) in [5.41, 5.74) is 2.96. The van der Waals surface area contributed by atoms with Crippen LogP contribution in [0.5, 0.6) is 5.75 Å². The van der Waals surface area contributed by atoms with Crippen molar-refractivity contribution in [2.75, 3.05) is 18.6 Å². The number of hydrogen-bond donors (Lipinski definition) is 1. The molecule has 0 bridgehead atoms. The summed E-state index contributed by atoms with van der Waals surface area (Å²) < 4.78 is 5.32. The molecule has 0 aliphatic carbocycles. The molecule has 0 aromatic heterocycles. The van der Waals surface area contributed by atoms with Gasteiger partial charge in [-0.2, -0.15) is 0 Å². The molecule has 2 aromatic rings. The first-order valence-electron chi connectivity index (χ1n) is 9.30. The maximum atomic E-state index is 12.6. The van der Waals surface area contributed by atoms with Crippen molar-refractivity contribution < 1.29 is 14.3 Å². The Morgan fingerprint density at radius 1 is 1.19 bits per heavy atom. The Kier molecular flexibility index (Phi) is 5.79. The first kappa shape index (κ1) is 19.0. The molecule has 142 valence electrons. The van der Waals surface area contributed by atoms with Gasteiger partial charge in [0.25, 0.3) is 0 Å². The van der Waals surface area contributed by atoms with Crippen molar-refractivity contribution in [2.24, 2.45) is 5.92 Å². The maximum absolute atomic E-state index is 12.6. The predicted molar refractivity (Wildman–Crippen MR) is 106 cm³/mol. The van der Waals surface area contributed by atoms with Crippen LogP contribution in [0, 0.1) is 5.92 Å². The largest absolute Gasteiger partial charge is 0.496 e. The van der Waals surface area contributed by atoms with E-state index in [9.17, 15) is 9.59 Å². The minimum atomic E-state index is -0.340. The monoisotopic (exact) mass is 366 g/mol. The third-order valence-corrected chi connectivity index (χ3v) is 4.99. The number of carbonyl (C=O) groups is 2. The zero-order valence-electron chi connectivity index (χ0n) is 16.1. The van der Waals surface area contributed by atoms with Gasteiger partial charge in [-0.1, -0.05) is 50.2 Å². The normalized spacial score (nSPS) is 16.7. The van der Waals surface area contributed by atoms with Crippen molar-refractivity contribution in [3.63, 3.8) is 0 Å². The summed E-state index contributed by atoms with van der Waals surface area (Å²) in [6.07, 6.45) is 0.240. The summed E-state index contributed by atoms with van der Waals surface area (Å²) >= 11 is 0. The topological polar surface area (TPSA) is 58.6 Å². The third kappa shape index (κ3) is 4.13. The molecule has 27 heavy (non-hydrogen) atoms. The van der Waals surface area contributed by atoms with Gasteiger partial charge in [0.1, 0.15) is 5.75 Å². The van der Waals surface area contributed by atoms with Gasteiger partial charge in [0, 0.05) is 30.8 Å². The molecule has 1 heterocycles. The van der Waals surface area contributed by atoms with Crippen molar-refractivity contribution >= 4 is 17.5 Å². The Hall–Kier alpha value is -2.82. The van der Waals surface area contributed by atoms with Crippen LogP contribution in [0.2, 0.25) is 0 Å². The van der Waals surface area contributed by atoms with Crippen LogP contribution in [-0.4, -0.2) is 25.5 Å². The highest BCUT2D eigenvalue weighted by molar-refractivity contribution is 6.00. The first-order valence-corrected chi connectivity index (χ1v) is 9.30. The summed E-state index contributed by atoms with van der Waals surface area (Å²) in [7, 11) is 1.61. The molecule has 1 aliphatic rings. The van der Waals surface area contributed by atoms with E-state index in [0.29, 0.717) is 19.0 Å². The second kappa shape index (κ2) is 8.25. The maximum Gasteiger partial charge on any atom is 0.227 e. The number of benzene rings is 2. The van der Waals surface area contributed by atoms with Crippen LogP contribution in [0.3, 0.4) is 0 Å². The molecule has 0 radical (unpaired) electrons. The Balaban J connectivity index is 1.68. The van der Waals surface area contributed by atoms with Crippen LogP contribution in [0.4, 0.5) is 5.69 Å². The number of amides is 2. The van der Waals surface area contributed by atoms with Gasteiger partial charge in [-0.15, -0.1) is 0 Å². The van der Waals surface area contributed by atoms with Gasteiger partial charge < -0.3 is 15.0 Å². The highest BCUT2D eigenvalue weighted by atomic mass is 16.5. The number of methoxy groups -OCH3 is 1. The molecule has 1 saturated heterocycles. The first-order chi connectivity index (χ1) is 13.0. The Morgan fingerprint density at radius 3 is 2.63 bits per heavy atom. The second-order valence-electron chi connectivity index (χ2n) is 7.15. The zero-order valence-corrected chi connectivity index (χ0v) is 16.1. The molecular formula is C22H26N2O3. The van der Waals surface area contributed by atoms with E-state index in [-0.39, 0.29) is 24.2 Å². The van der Waals surface area contributed by atoms with Crippen LogP contribution >= 0.6 is 0 Å². The fourth-order valence-corrected chi connectivity index (χ4v) is 3.51. The van der Waals surface area contributed by atoms with E-state index < -0.39 is 0 Å². The molecule has 1 atom stereocenters. The van der Waals surface area contributed by atoms with Gasteiger partial charge in [-0.25, -0.2) is 0 Å². The van der Waals surface area contributed by atoms with E-state index in [4.69, 9.17) is 4.74 Å². The molecule has 0 spiro atoms. The minimum Gasteiger partial charge on any atom is -0.496 e. The minimum absolute atomic E-state index is 0.000502. The molecule has 5 heteroatoms. The standard InChI is InChI=1S/C22H26N2O3/c1-15(2)18-9-5-6-10-19(18)24-14-17(12-21(24)25)22(26)23-13-16-8-4-7-11-20(16)27-3/h4-11,15,17H,12-14H2,1-3H3,(H,23,26). The van der Waals surface area contributed by atoms with Gasteiger partial charge in [-0.3, -0.25) is 9.59 Å². The lowest BCUT2D eigenvalue weighted by Crippen LogP contribution is -2.33. The molecule has 2 aromatic carbocycles. The fraction of sp³-hybridized carbons (Fsp3) is 0.364. The van der Waals surface area contributed by atoms with Crippen LogP contribution in [0.1, 0.15) is 37.3 Å². The molecular weight excluding hydrogens is 340 g/mol. The SMILES string of the molecule is COc1ccccc1CNC(=O)C1CC(=O)N(c2ccccc2C(C)C)C1. The fourth-order valence-electron chi connectivity index (χ4n) is 3.51. The summed E-state index contributed by atoms with van der Waals surface area (Å²) in [5, 5.41) is 2.95. The number of anilines is 1. The van der Waals surface area contributed by atoms with E-state index in [1.165, 1.54) is 0 Å². The smallest absolute Gasteiger partial charge is 0.227 e. The van der Waals surface area contributed by atoms with Gasteiger partial charge >= 0.3 is 0 Å². The number of hydrogen-bond acceptors (Lipinski definition) is 3. The number of carbonyl (C=O) groups excluding carboxylic acids is 2. The Morgan fingerprint density at radius 2 is 1.89 bits per heavy atom. The second-order valence-corrected chi connectivity index (χ2v) is 7.15. The van der Waals surface area contributed by atoms with Crippen LogP contribution in [0.25, 0.3) is 0 Å². The zero-order chi connectivity index (χ0) is 19.4. The predicted octanol–water partition coefficient (Wildman–Crippen LogP) is 3.49. The summed E-state index contributed by atoms with van der Waals surface area (Å²) in [4.78, 5) is 26.9. The number of nitrogens with one attached hydrogen (secondary N) is 1. The van der Waals surface area contributed by atoms with Crippen molar-refractivity contribution in [1.82, 2.24) is 5.32 Å². The molecule has 2 amide bonds. The molecule has 5 nitrogen and oxygen atoms in total. The van der Waals surface area contributed by atoms with E-state index in [0.717, 1.165) is 22.6 Å². The van der Waals surface area contributed by atoms with E-state index in [2.05, 4.69) is 19.2 Å². The third-order valence-electron chi connectivity index (χ3n) is 4.99.